The molecular weight excluding hydrogens is 480 g/mol. The van der Waals surface area contributed by atoms with E-state index in [1.54, 1.807) is 42.1 Å². The molecule has 0 radical (unpaired) electrons. The highest BCUT2D eigenvalue weighted by molar-refractivity contribution is 7.90. The number of rotatable bonds is 12. The van der Waals surface area contributed by atoms with Gasteiger partial charge in [-0.05, 0) is 23.6 Å². The quantitative estimate of drug-likeness (QED) is 0.425. The average molecular weight is 521 g/mol. The van der Waals surface area contributed by atoms with Gasteiger partial charge in [0, 0.05) is 38.6 Å². The zero-order chi connectivity index (χ0) is 26.3. The van der Waals surface area contributed by atoms with E-state index in [1.165, 1.54) is 0 Å². The third kappa shape index (κ3) is 7.54. The smallest absolute Gasteiger partial charge is 0.228 e. The minimum atomic E-state index is -3.72. The molecule has 0 spiro atoms. The van der Waals surface area contributed by atoms with Crippen LogP contribution in [0.5, 0.6) is 5.75 Å². The summed E-state index contributed by atoms with van der Waals surface area (Å²) in [6.45, 7) is 13.1. The van der Waals surface area contributed by atoms with Gasteiger partial charge in [0.1, 0.15) is 5.75 Å². The molecule has 0 atom stereocenters. The van der Waals surface area contributed by atoms with E-state index in [0.29, 0.717) is 44.2 Å². The highest BCUT2D eigenvalue weighted by Crippen LogP contribution is 2.22. The second-order valence-electron chi connectivity index (χ2n) is 10.0. The summed E-state index contributed by atoms with van der Waals surface area (Å²) in [7, 11) is -2.17. The lowest BCUT2D eigenvalue weighted by Gasteiger charge is -2.31. The second kappa shape index (κ2) is 12.7. The molecule has 1 aliphatic heterocycles. The van der Waals surface area contributed by atoms with E-state index in [-0.39, 0.29) is 28.7 Å². The Kier molecular flexibility index (Phi) is 9.92. The summed E-state index contributed by atoms with van der Waals surface area (Å²) >= 11 is 0. The standard InChI is InChI=1S/C26H40N4O5S/c1-20(2)17-30-23(18-29(25(31)21(3)4)10-9-28-11-13-35-14-12-28)16-27-26(30)36(32,33)19-22-7-6-8-24(15-22)34-5/h6-8,15-16,20-21H,9-14,17-19H2,1-5H3. The fourth-order valence-electron chi connectivity index (χ4n) is 4.29. The fourth-order valence-corrected chi connectivity index (χ4v) is 5.78. The first-order valence-corrected chi connectivity index (χ1v) is 14.2. The number of morpholine rings is 1. The minimum Gasteiger partial charge on any atom is -0.497 e. The summed E-state index contributed by atoms with van der Waals surface area (Å²) in [5, 5.41) is 0.0409. The largest absolute Gasteiger partial charge is 0.497 e. The summed E-state index contributed by atoms with van der Waals surface area (Å²) < 4.78 is 39.4. The van der Waals surface area contributed by atoms with Gasteiger partial charge in [0.2, 0.25) is 20.9 Å². The molecule has 1 aliphatic rings. The second-order valence-corrected chi connectivity index (χ2v) is 11.9. The van der Waals surface area contributed by atoms with Crippen molar-refractivity contribution in [1.29, 1.82) is 0 Å². The Bertz CT molecular complexity index is 1110. The first kappa shape index (κ1) is 28.1. The molecule has 9 nitrogen and oxygen atoms in total. The van der Waals surface area contributed by atoms with E-state index in [9.17, 15) is 13.2 Å². The van der Waals surface area contributed by atoms with Gasteiger partial charge < -0.3 is 18.9 Å². The highest BCUT2D eigenvalue weighted by Gasteiger charge is 2.27. The number of sulfone groups is 1. The van der Waals surface area contributed by atoms with Crippen LogP contribution in [0.3, 0.4) is 0 Å². The maximum atomic E-state index is 13.5. The van der Waals surface area contributed by atoms with Crippen molar-refractivity contribution in [3.8, 4) is 5.75 Å². The predicted octanol–water partition coefficient (Wildman–Crippen LogP) is 2.84. The Morgan fingerprint density at radius 3 is 2.56 bits per heavy atom. The SMILES string of the molecule is COc1cccc(CS(=O)(=O)c2ncc(CN(CCN3CCOCC3)C(=O)C(C)C)n2CC(C)C)c1. The van der Waals surface area contributed by atoms with Crippen molar-refractivity contribution in [2.75, 3.05) is 46.5 Å². The Morgan fingerprint density at radius 1 is 1.19 bits per heavy atom. The van der Waals surface area contributed by atoms with Gasteiger partial charge in [-0.3, -0.25) is 9.69 Å². The Hall–Kier alpha value is -2.43. The van der Waals surface area contributed by atoms with E-state index < -0.39 is 9.84 Å². The maximum Gasteiger partial charge on any atom is 0.228 e. The number of nitrogens with zero attached hydrogens (tertiary/aromatic N) is 4. The van der Waals surface area contributed by atoms with E-state index >= 15 is 0 Å². The predicted molar refractivity (Wildman–Crippen MR) is 138 cm³/mol. The van der Waals surface area contributed by atoms with Crippen LogP contribution in [-0.4, -0.2) is 80.2 Å². The molecule has 1 aromatic carbocycles. The van der Waals surface area contributed by atoms with Crippen molar-refractivity contribution in [2.45, 2.75) is 51.7 Å². The van der Waals surface area contributed by atoms with Crippen LogP contribution in [0.4, 0.5) is 0 Å². The number of benzene rings is 1. The Balaban J connectivity index is 1.86. The molecule has 3 rings (SSSR count). The van der Waals surface area contributed by atoms with E-state index in [1.807, 2.05) is 32.6 Å². The van der Waals surface area contributed by atoms with E-state index in [2.05, 4.69) is 9.88 Å². The van der Waals surface area contributed by atoms with Crippen LogP contribution < -0.4 is 4.74 Å². The van der Waals surface area contributed by atoms with Crippen molar-refractivity contribution in [1.82, 2.24) is 19.4 Å². The lowest BCUT2D eigenvalue weighted by molar-refractivity contribution is -0.135. The van der Waals surface area contributed by atoms with Gasteiger partial charge in [0.05, 0.1) is 44.5 Å². The molecule has 1 aromatic heterocycles. The van der Waals surface area contributed by atoms with Crippen LogP contribution in [0.15, 0.2) is 35.6 Å². The van der Waals surface area contributed by atoms with Crippen LogP contribution in [0.1, 0.15) is 39.0 Å². The normalized spacial score (nSPS) is 15.0. The summed E-state index contributed by atoms with van der Waals surface area (Å²) in [6.07, 6.45) is 1.61. The molecule has 0 N–H and O–H groups in total. The third-order valence-electron chi connectivity index (χ3n) is 6.17. The molecular formula is C26H40N4O5S. The monoisotopic (exact) mass is 520 g/mol. The highest BCUT2D eigenvalue weighted by atomic mass is 32.2. The van der Waals surface area contributed by atoms with Crippen molar-refractivity contribution >= 4 is 15.7 Å². The van der Waals surface area contributed by atoms with Crippen LogP contribution in [0.25, 0.3) is 0 Å². The lowest BCUT2D eigenvalue weighted by Crippen LogP contribution is -2.44. The van der Waals surface area contributed by atoms with Crippen molar-refractivity contribution < 1.29 is 22.7 Å². The Morgan fingerprint density at radius 2 is 1.92 bits per heavy atom. The molecule has 0 saturated carbocycles. The summed E-state index contributed by atoms with van der Waals surface area (Å²) in [4.78, 5) is 21.6. The number of hydrogen-bond donors (Lipinski definition) is 0. The number of amides is 1. The number of hydrogen-bond acceptors (Lipinski definition) is 7. The summed E-state index contributed by atoms with van der Waals surface area (Å²) in [6, 6.07) is 7.05. The van der Waals surface area contributed by atoms with Gasteiger partial charge >= 0.3 is 0 Å². The number of carbonyl (C=O) groups is 1. The van der Waals surface area contributed by atoms with Crippen LogP contribution >= 0.6 is 0 Å². The number of methoxy groups -OCH3 is 1. The van der Waals surface area contributed by atoms with Crippen molar-refractivity contribution in [3.63, 3.8) is 0 Å². The molecule has 0 bridgehead atoms. The number of ether oxygens (including phenoxy) is 2. The third-order valence-corrected chi connectivity index (χ3v) is 7.76. The topological polar surface area (TPSA) is 94.0 Å². The first-order valence-electron chi connectivity index (χ1n) is 12.6. The van der Waals surface area contributed by atoms with Crippen LogP contribution in [-0.2, 0) is 38.2 Å². The number of aromatic nitrogens is 2. The molecule has 10 heteroatoms. The zero-order valence-corrected chi connectivity index (χ0v) is 23.0. The van der Waals surface area contributed by atoms with Gasteiger partial charge in [-0.25, -0.2) is 13.4 Å². The molecule has 1 saturated heterocycles. The lowest BCUT2D eigenvalue weighted by atomic mass is 10.1. The van der Waals surface area contributed by atoms with Gasteiger partial charge in [0.25, 0.3) is 0 Å². The number of carbonyl (C=O) groups excluding carboxylic acids is 1. The molecule has 2 heterocycles. The van der Waals surface area contributed by atoms with Crippen molar-refractivity contribution in [2.24, 2.45) is 11.8 Å². The maximum absolute atomic E-state index is 13.5. The molecule has 2 aromatic rings. The fraction of sp³-hybridized carbons (Fsp3) is 0.615. The van der Waals surface area contributed by atoms with E-state index in [0.717, 1.165) is 25.3 Å². The zero-order valence-electron chi connectivity index (χ0n) is 22.1. The summed E-state index contributed by atoms with van der Waals surface area (Å²) in [5.41, 5.74) is 1.36. The average Bonchev–Trinajstić information content (AvgIpc) is 3.24. The van der Waals surface area contributed by atoms with Crippen LogP contribution in [0, 0.1) is 11.8 Å². The first-order chi connectivity index (χ1) is 17.1. The van der Waals surface area contributed by atoms with Crippen LogP contribution in [0.2, 0.25) is 0 Å². The van der Waals surface area contributed by atoms with Crippen molar-refractivity contribution in [3.05, 3.63) is 41.7 Å². The number of imidazole rings is 1. The minimum absolute atomic E-state index is 0.0409. The Labute approximate surface area is 215 Å². The molecule has 0 aliphatic carbocycles. The van der Waals surface area contributed by atoms with Gasteiger partial charge in [-0.1, -0.05) is 39.8 Å². The molecule has 200 valence electrons. The molecule has 0 unspecified atom stereocenters. The van der Waals surface area contributed by atoms with E-state index in [4.69, 9.17) is 9.47 Å². The van der Waals surface area contributed by atoms with Gasteiger partial charge in [-0.2, -0.15) is 0 Å². The van der Waals surface area contributed by atoms with Gasteiger partial charge in [0.15, 0.2) is 0 Å². The molecule has 1 amide bonds. The molecule has 1 fully saturated rings. The molecule has 36 heavy (non-hydrogen) atoms. The van der Waals surface area contributed by atoms with Gasteiger partial charge in [-0.15, -0.1) is 0 Å². The summed E-state index contributed by atoms with van der Waals surface area (Å²) in [5.74, 6) is 0.516.